The number of benzene rings is 1. The molecule has 0 unspecified atom stereocenters. The van der Waals surface area contributed by atoms with Crippen LogP contribution in [0.4, 0.5) is 11.6 Å². The molecule has 1 heterocycles. The fraction of sp³-hybridized carbons (Fsp3) is 0.312. The number of para-hydroxylation sites is 1. The van der Waals surface area contributed by atoms with E-state index in [4.69, 9.17) is 0 Å². The summed E-state index contributed by atoms with van der Waals surface area (Å²) in [5.41, 5.74) is 2.48. The zero-order chi connectivity index (χ0) is 13.9. The van der Waals surface area contributed by atoms with E-state index in [0.717, 1.165) is 18.2 Å². The van der Waals surface area contributed by atoms with Crippen LogP contribution in [0.2, 0.25) is 0 Å². The molecule has 100 valence electrons. The van der Waals surface area contributed by atoms with Crippen molar-refractivity contribution in [1.29, 1.82) is 0 Å². The Morgan fingerprint density at radius 3 is 2.74 bits per heavy atom. The number of nitrogens with zero attached hydrogens (tertiary/aromatic N) is 2. The highest BCUT2D eigenvalue weighted by Crippen LogP contribution is 2.30. The summed E-state index contributed by atoms with van der Waals surface area (Å²) in [5, 5.41) is 3.42. The quantitative estimate of drug-likeness (QED) is 0.833. The smallest absolute Gasteiger partial charge is 0.207 e. The highest BCUT2D eigenvalue weighted by Gasteiger charge is 2.18. The van der Waals surface area contributed by atoms with Crippen molar-refractivity contribution >= 4 is 11.6 Å². The summed E-state index contributed by atoms with van der Waals surface area (Å²) in [7, 11) is 0. The molecule has 0 aliphatic heterocycles. The lowest BCUT2D eigenvalue weighted by Gasteiger charge is -2.23. The number of anilines is 2. The summed E-state index contributed by atoms with van der Waals surface area (Å²) in [6, 6.07) is 8.36. The van der Waals surface area contributed by atoms with Crippen LogP contribution in [0.3, 0.4) is 0 Å². The van der Waals surface area contributed by atoms with E-state index in [-0.39, 0.29) is 5.41 Å². The van der Waals surface area contributed by atoms with Gasteiger partial charge in [0.25, 0.3) is 0 Å². The van der Waals surface area contributed by atoms with Gasteiger partial charge in [-0.25, -0.2) is 4.98 Å². The molecule has 0 aliphatic carbocycles. The van der Waals surface area contributed by atoms with Crippen molar-refractivity contribution in [2.45, 2.75) is 32.7 Å². The van der Waals surface area contributed by atoms with Crippen LogP contribution in [-0.2, 0) is 12.0 Å². The maximum absolute atomic E-state index is 4.36. The molecule has 1 aromatic carbocycles. The Kier molecular flexibility index (Phi) is 3.74. The third-order valence-corrected chi connectivity index (χ3v) is 3.02. The molecule has 0 saturated heterocycles. The topological polar surface area (TPSA) is 29.9 Å². The van der Waals surface area contributed by atoms with Crippen molar-refractivity contribution in [2.24, 2.45) is 0 Å². The van der Waals surface area contributed by atoms with Gasteiger partial charge in [0.1, 0.15) is 0 Å². The van der Waals surface area contributed by atoms with Crippen molar-refractivity contribution in [1.82, 2.24) is 9.55 Å². The number of nitrogens with one attached hydrogen (secondary N) is 1. The molecular weight excluding hydrogens is 234 g/mol. The van der Waals surface area contributed by atoms with Gasteiger partial charge in [0, 0.05) is 24.6 Å². The second kappa shape index (κ2) is 5.31. The Morgan fingerprint density at radius 2 is 2.05 bits per heavy atom. The minimum Gasteiger partial charge on any atom is -0.325 e. The van der Waals surface area contributed by atoms with Crippen LogP contribution < -0.4 is 5.32 Å². The molecule has 0 saturated carbocycles. The third-order valence-electron chi connectivity index (χ3n) is 3.02. The van der Waals surface area contributed by atoms with Gasteiger partial charge in [-0.2, -0.15) is 0 Å². The highest BCUT2D eigenvalue weighted by atomic mass is 15.2. The lowest BCUT2D eigenvalue weighted by molar-refractivity contribution is 0.592. The Morgan fingerprint density at radius 1 is 1.32 bits per heavy atom. The fourth-order valence-corrected chi connectivity index (χ4v) is 2.09. The first-order valence-electron chi connectivity index (χ1n) is 6.51. The summed E-state index contributed by atoms with van der Waals surface area (Å²) >= 11 is 0. The zero-order valence-electron chi connectivity index (χ0n) is 11.9. The van der Waals surface area contributed by atoms with Crippen LogP contribution in [0.25, 0.3) is 0 Å². The van der Waals surface area contributed by atoms with E-state index in [1.165, 1.54) is 5.56 Å². The number of hydrogen-bond donors (Lipinski definition) is 1. The van der Waals surface area contributed by atoms with E-state index in [9.17, 15) is 0 Å². The molecule has 19 heavy (non-hydrogen) atoms. The van der Waals surface area contributed by atoms with Crippen LogP contribution in [0.15, 0.2) is 49.3 Å². The zero-order valence-corrected chi connectivity index (χ0v) is 11.9. The highest BCUT2D eigenvalue weighted by molar-refractivity contribution is 5.60. The summed E-state index contributed by atoms with van der Waals surface area (Å²) in [5.74, 6) is 0.844. The van der Waals surface area contributed by atoms with Crippen LogP contribution in [0.5, 0.6) is 0 Å². The summed E-state index contributed by atoms with van der Waals surface area (Å²) in [6.07, 6.45) is 5.61. The molecule has 0 spiro atoms. The van der Waals surface area contributed by atoms with Crippen LogP contribution in [-0.4, -0.2) is 9.55 Å². The summed E-state index contributed by atoms with van der Waals surface area (Å²) in [6.45, 7) is 11.2. The Labute approximate surface area is 115 Å². The largest absolute Gasteiger partial charge is 0.325 e. The van der Waals surface area contributed by atoms with Gasteiger partial charge in [-0.1, -0.05) is 45.0 Å². The number of imidazole rings is 1. The van der Waals surface area contributed by atoms with E-state index in [1.54, 1.807) is 6.20 Å². The second-order valence-corrected chi connectivity index (χ2v) is 5.61. The number of aromatic nitrogens is 2. The number of hydrogen-bond acceptors (Lipinski definition) is 2. The van der Waals surface area contributed by atoms with Gasteiger partial charge in [0.15, 0.2) is 0 Å². The average Bonchev–Trinajstić information content (AvgIpc) is 2.77. The second-order valence-electron chi connectivity index (χ2n) is 5.61. The maximum Gasteiger partial charge on any atom is 0.207 e. The molecule has 0 atom stereocenters. The lowest BCUT2D eigenvalue weighted by Crippen LogP contribution is -2.14. The first kappa shape index (κ1) is 13.4. The molecule has 2 rings (SSSR count). The van der Waals surface area contributed by atoms with E-state index < -0.39 is 0 Å². The number of allylic oxidation sites excluding steroid dienone is 1. The van der Waals surface area contributed by atoms with Crippen LogP contribution in [0, 0.1) is 0 Å². The van der Waals surface area contributed by atoms with E-state index in [0.29, 0.717) is 0 Å². The molecule has 0 fully saturated rings. The third kappa shape index (κ3) is 3.05. The average molecular weight is 255 g/mol. The monoisotopic (exact) mass is 255 g/mol. The van der Waals surface area contributed by atoms with Crippen molar-refractivity contribution in [3.05, 3.63) is 54.9 Å². The minimum absolute atomic E-state index is 0.0967. The first-order valence-corrected chi connectivity index (χ1v) is 6.51. The molecule has 2 aromatic rings. The van der Waals surface area contributed by atoms with Crippen LogP contribution >= 0.6 is 0 Å². The van der Waals surface area contributed by atoms with Gasteiger partial charge in [-0.15, -0.1) is 6.58 Å². The van der Waals surface area contributed by atoms with E-state index in [1.807, 2.05) is 22.9 Å². The molecule has 1 N–H and O–H groups in total. The van der Waals surface area contributed by atoms with Gasteiger partial charge < -0.3 is 9.88 Å². The standard InChI is InChI=1S/C16H21N3/c1-5-11-19-12-10-17-15(19)18-14-9-7-6-8-13(14)16(2,3)4/h5-10,12H,1,11H2,2-4H3,(H,17,18). The number of rotatable bonds is 4. The molecule has 0 aliphatic rings. The van der Waals surface area contributed by atoms with Crippen molar-refractivity contribution < 1.29 is 0 Å². The molecule has 3 heteroatoms. The normalized spacial score (nSPS) is 11.3. The maximum atomic E-state index is 4.36. The summed E-state index contributed by atoms with van der Waals surface area (Å²) < 4.78 is 2.03. The minimum atomic E-state index is 0.0967. The van der Waals surface area contributed by atoms with E-state index in [2.05, 4.69) is 55.9 Å². The van der Waals surface area contributed by atoms with Crippen molar-refractivity contribution in [3.8, 4) is 0 Å². The van der Waals surface area contributed by atoms with Crippen molar-refractivity contribution in [3.63, 3.8) is 0 Å². The molecule has 1 aromatic heterocycles. The molecule has 0 radical (unpaired) electrons. The van der Waals surface area contributed by atoms with Crippen molar-refractivity contribution in [2.75, 3.05) is 5.32 Å². The Bertz CT molecular complexity index is 561. The van der Waals surface area contributed by atoms with E-state index >= 15 is 0 Å². The molecule has 3 nitrogen and oxygen atoms in total. The van der Waals surface area contributed by atoms with Gasteiger partial charge in [0.05, 0.1) is 0 Å². The molecule has 0 amide bonds. The predicted octanol–water partition coefficient (Wildman–Crippen LogP) is 4.11. The van der Waals surface area contributed by atoms with Gasteiger partial charge in [0.2, 0.25) is 5.95 Å². The SMILES string of the molecule is C=CCn1ccnc1Nc1ccccc1C(C)(C)C. The van der Waals surface area contributed by atoms with Gasteiger partial charge >= 0.3 is 0 Å². The molecule has 0 bridgehead atoms. The summed E-state index contributed by atoms with van der Waals surface area (Å²) in [4.78, 5) is 4.36. The van der Waals surface area contributed by atoms with Gasteiger partial charge in [-0.05, 0) is 17.0 Å². The fourth-order valence-electron chi connectivity index (χ4n) is 2.09. The van der Waals surface area contributed by atoms with Gasteiger partial charge in [-0.3, -0.25) is 0 Å². The lowest BCUT2D eigenvalue weighted by atomic mass is 9.86. The Hall–Kier alpha value is -2.03. The predicted molar refractivity (Wildman–Crippen MR) is 80.8 cm³/mol. The first-order chi connectivity index (χ1) is 9.02. The van der Waals surface area contributed by atoms with Crippen LogP contribution in [0.1, 0.15) is 26.3 Å². The Balaban J connectivity index is 2.33. The molecular formula is C16H21N3.